The molecule has 0 aromatic carbocycles. The molecule has 0 saturated carbocycles. The summed E-state index contributed by atoms with van der Waals surface area (Å²) in [7, 11) is 1.72. The lowest BCUT2D eigenvalue weighted by Gasteiger charge is -2.45. The van der Waals surface area contributed by atoms with Crippen molar-refractivity contribution < 1.29 is 9.47 Å². The van der Waals surface area contributed by atoms with Crippen LogP contribution in [0, 0.1) is 5.92 Å². The maximum absolute atomic E-state index is 6.03. The summed E-state index contributed by atoms with van der Waals surface area (Å²) in [6.07, 6.45) is 2.33. The Morgan fingerprint density at radius 3 is 3.06 bits per heavy atom. The molecule has 1 spiro atoms. The van der Waals surface area contributed by atoms with Crippen LogP contribution < -0.4 is 5.73 Å². The normalized spacial score (nSPS) is 32.3. The number of nitrogens with zero attached hydrogens (tertiary/aromatic N) is 2. The topological polar surface area (TPSA) is 60.1 Å². The first-order chi connectivity index (χ1) is 8.59. The van der Waals surface area contributed by atoms with E-state index in [-0.39, 0.29) is 5.54 Å². The lowest BCUT2D eigenvalue weighted by Crippen LogP contribution is -2.57. The minimum atomic E-state index is 0.0653. The molecule has 0 aliphatic carbocycles. The van der Waals surface area contributed by atoms with E-state index in [1.54, 1.807) is 7.11 Å². The molecule has 0 aromatic rings. The second-order valence-corrected chi connectivity index (χ2v) is 5.65. The van der Waals surface area contributed by atoms with E-state index in [9.17, 15) is 0 Å². The third-order valence-corrected chi connectivity index (χ3v) is 4.13. The molecule has 2 heterocycles. The van der Waals surface area contributed by atoms with Crippen LogP contribution in [0.15, 0.2) is 4.99 Å². The number of nitrogens with two attached hydrogens (primary N) is 1. The first-order valence-corrected chi connectivity index (χ1v) is 6.77. The SMILES string of the molecule is COCCN1C(N)=NCC12CCOC(C(C)C)C2. The molecule has 1 fully saturated rings. The lowest BCUT2D eigenvalue weighted by molar-refractivity contribution is -0.0693. The van der Waals surface area contributed by atoms with Gasteiger partial charge in [-0.1, -0.05) is 13.8 Å². The van der Waals surface area contributed by atoms with Gasteiger partial charge in [0.05, 0.1) is 24.8 Å². The van der Waals surface area contributed by atoms with Crippen molar-refractivity contribution in [2.75, 3.05) is 33.4 Å². The van der Waals surface area contributed by atoms with E-state index >= 15 is 0 Å². The Morgan fingerprint density at radius 2 is 2.39 bits per heavy atom. The van der Waals surface area contributed by atoms with Crippen molar-refractivity contribution in [3.8, 4) is 0 Å². The van der Waals surface area contributed by atoms with Crippen LogP contribution in [0.3, 0.4) is 0 Å². The van der Waals surface area contributed by atoms with E-state index in [0.29, 0.717) is 24.6 Å². The molecule has 2 rings (SSSR count). The standard InChI is InChI=1S/C13H25N3O2/c1-10(2)11-8-13(4-6-18-11)9-15-12(14)16(13)5-7-17-3/h10-11H,4-9H2,1-3H3,(H2,14,15). The van der Waals surface area contributed by atoms with Gasteiger partial charge in [0.25, 0.3) is 0 Å². The Balaban J connectivity index is 2.09. The number of hydrogen-bond donors (Lipinski definition) is 1. The highest BCUT2D eigenvalue weighted by Gasteiger charge is 2.46. The van der Waals surface area contributed by atoms with Gasteiger partial charge in [-0.3, -0.25) is 4.99 Å². The van der Waals surface area contributed by atoms with Gasteiger partial charge in [0, 0.05) is 20.3 Å². The maximum atomic E-state index is 6.03. The Labute approximate surface area is 109 Å². The molecule has 0 aromatic heterocycles. The van der Waals surface area contributed by atoms with Crippen LogP contribution in [0.25, 0.3) is 0 Å². The number of ether oxygens (including phenoxy) is 2. The second-order valence-electron chi connectivity index (χ2n) is 5.65. The number of rotatable bonds is 4. The van der Waals surface area contributed by atoms with Crippen LogP contribution in [0.2, 0.25) is 0 Å². The summed E-state index contributed by atoms with van der Waals surface area (Å²) in [5.74, 6) is 1.20. The number of aliphatic imine (C=N–C) groups is 1. The summed E-state index contributed by atoms with van der Waals surface area (Å²) in [6.45, 7) is 7.52. The quantitative estimate of drug-likeness (QED) is 0.808. The molecule has 1 saturated heterocycles. The zero-order valence-corrected chi connectivity index (χ0v) is 11.7. The zero-order valence-electron chi connectivity index (χ0n) is 11.7. The van der Waals surface area contributed by atoms with Crippen molar-refractivity contribution in [3.63, 3.8) is 0 Å². The fourth-order valence-electron chi connectivity index (χ4n) is 2.93. The van der Waals surface area contributed by atoms with Gasteiger partial charge in [-0.15, -0.1) is 0 Å². The Morgan fingerprint density at radius 1 is 1.61 bits per heavy atom. The number of guanidine groups is 1. The predicted octanol–water partition coefficient (Wildman–Crippen LogP) is 0.837. The van der Waals surface area contributed by atoms with E-state index in [4.69, 9.17) is 15.2 Å². The first kappa shape index (κ1) is 13.6. The molecule has 2 N–H and O–H groups in total. The fourth-order valence-corrected chi connectivity index (χ4v) is 2.93. The van der Waals surface area contributed by atoms with E-state index < -0.39 is 0 Å². The lowest BCUT2D eigenvalue weighted by atomic mass is 9.82. The number of methoxy groups -OCH3 is 1. The van der Waals surface area contributed by atoms with Crippen LogP contribution in [0.1, 0.15) is 26.7 Å². The van der Waals surface area contributed by atoms with Crippen LogP contribution in [-0.4, -0.2) is 55.9 Å². The van der Waals surface area contributed by atoms with E-state index in [1.165, 1.54) is 0 Å². The molecule has 104 valence electrons. The minimum Gasteiger partial charge on any atom is -0.383 e. The summed E-state index contributed by atoms with van der Waals surface area (Å²) >= 11 is 0. The van der Waals surface area contributed by atoms with Crippen molar-refractivity contribution in [3.05, 3.63) is 0 Å². The molecule has 2 aliphatic heterocycles. The van der Waals surface area contributed by atoms with Gasteiger partial charge in [0.1, 0.15) is 0 Å². The van der Waals surface area contributed by atoms with Crippen molar-refractivity contribution in [1.82, 2.24) is 4.90 Å². The molecule has 5 heteroatoms. The van der Waals surface area contributed by atoms with Crippen molar-refractivity contribution in [2.45, 2.75) is 38.3 Å². The fraction of sp³-hybridized carbons (Fsp3) is 0.923. The summed E-state index contributed by atoms with van der Waals surface area (Å²) in [5, 5.41) is 0. The second kappa shape index (κ2) is 5.45. The number of hydrogen-bond acceptors (Lipinski definition) is 5. The highest BCUT2D eigenvalue weighted by atomic mass is 16.5. The molecule has 5 nitrogen and oxygen atoms in total. The Bertz CT molecular complexity index is 319. The molecule has 2 aliphatic rings. The molecule has 2 atom stereocenters. The highest BCUT2D eigenvalue weighted by Crippen LogP contribution is 2.36. The summed E-state index contributed by atoms with van der Waals surface area (Å²) < 4.78 is 11.0. The van der Waals surface area contributed by atoms with Crippen molar-refractivity contribution >= 4 is 5.96 Å². The van der Waals surface area contributed by atoms with Gasteiger partial charge in [-0.2, -0.15) is 0 Å². The van der Waals surface area contributed by atoms with Gasteiger partial charge in [-0.25, -0.2) is 0 Å². The van der Waals surface area contributed by atoms with E-state index in [1.807, 2.05) is 0 Å². The third-order valence-electron chi connectivity index (χ3n) is 4.13. The molecule has 0 bridgehead atoms. The smallest absolute Gasteiger partial charge is 0.191 e. The van der Waals surface area contributed by atoms with Gasteiger partial charge in [-0.05, 0) is 18.8 Å². The Kier molecular flexibility index (Phi) is 4.12. The van der Waals surface area contributed by atoms with Crippen molar-refractivity contribution in [1.29, 1.82) is 0 Å². The average Bonchev–Trinajstić information content (AvgIpc) is 2.64. The first-order valence-electron chi connectivity index (χ1n) is 6.77. The summed E-state index contributed by atoms with van der Waals surface area (Å²) in [5.41, 5.74) is 6.09. The monoisotopic (exact) mass is 255 g/mol. The molecule has 18 heavy (non-hydrogen) atoms. The van der Waals surface area contributed by atoms with Gasteiger partial charge in [0.2, 0.25) is 0 Å². The van der Waals surface area contributed by atoms with Gasteiger partial charge in [0.15, 0.2) is 5.96 Å². The molecule has 0 radical (unpaired) electrons. The molecular weight excluding hydrogens is 230 g/mol. The van der Waals surface area contributed by atoms with Crippen molar-refractivity contribution in [2.24, 2.45) is 16.6 Å². The van der Waals surface area contributed by atoms with Crippen LogP contribution in [-0.2, 0) is 9.47 Å². The van der Waals surface area contributed by atoms with Gasteiger partial charge < -0.3 is 20.1 Å². The largest absolute Gasteiger partial charge is 0.383 e. The Hall–Kier alpha value is -0.810. The minimum absolute atomic E-state index is 0.0653. The third kappa shape index (κ3) is 2.47. The summed E-state index contributed by atoms with van der Waals surface area (Å²) in [6, 6.07) is 0. The summed E-state index contributed by atoms with van der Waals surface area (Å²) in [4.78, 5) is 6.68. The van der Waals surface area contributed by atoms with E-state index in [0.717, 1.165) is 32.5 Å². The highest BCUT2D eigenvalue weighted by molar-refractivity contribution is 5.81. The van der Waals surface area contributed by atoms with Crippen LogP contribution in [0.5, 0.6) is 0 Å². The average molecular weight is 255 g/mol. The van der Waals surface area contributed by atoms with Crippen LogP contribution >= 0.6 is 0 Å². The zero-order chi connectivity index (χ0) is 13.2. The molecule has 0 amide bonds. The predicted molar refractivity (Wildman–Crippen MR) is 71.6 cm³/mol. The van der Waals surface area contributed by atoms with E-state index in [2.05, 4.69) is 23.7 Å². The van der Waals surface area contributed by atoms with Gasteiger partial charge >= 0.3 is 0 Å². The molecule has 2 unspecified atom stereocenters. The maximum Gasteiger partial charge on any atom is 0.191 e. The molecular formula is C13H25N3O2. The van der Waals surface area contributed by atoms with Crippen LogP contribution in [0.4, 0.5) is 0 Å².